The van der Waals surface area contributed by atoms with Gasteiger partial charge in [-0.05, 0) is 19.1 Å². The third-order valence-corrected chi connectivity index (χ3v) is 3.30. The molecule has 0 unspecified atom stereocenters. The molecular weight excluding hydrogens is 312 g/mol. The zero-order valence-corrected chi connectivity index (χ0v) is 13.1. The van der Waals surface area contributed by atoms with E-state index in [-0.39, 0.29) is 0 Å². The van der Waals surface area contributed by atoms with Gasteiger partial charge >= 0.3 is 0 Å². The first-order valence-corrected chi connectivity index (χ1v) is 7.24. The Kier molecular flexibility index (Phi) is 4.25. The van der Waals surface area contributed by atoms with Crippen molar-refractivity contribution in [1.82, 2.24) is 24.9 Å². The smallest absolute Gasteiger partial charge is 0.184 e. The van der Waals surface area contributed by atoms with Crippen LogP contribution < -0.4 is 5.32 Å². The maximum Gasteiger partial charge on any atom is 0.184 e. The number of aromatic nitrogens is 5. The standard InChI is InChI=1S/C16H13ClN6/c1-3-12(10(2)17)14-22-15-13(19-8-9-20-15)16(23-14)21-11-4-6-18-7-5-11/h3-9H,2H2,1H3,(H,18,20,21,22,23)/b12-3+. The molecule has 114 valence electrons. The van der Waals surface area contributed by atoms with E-state index in [4.69, 9.17) is 11.6 Å². The molecule has 3 aromatic heterocycles. The molecule has 3 rings (SSSR count). The SMILES string of the molecule is C=C(Cl)/C(=C\C)c1nc(Nc2ccncc2)c2nccnc2n1. The summed E-state index contributed by atoms with van der Waals surface area (Å²) in [5, 5.41) is 3.58. The molecule has 0 aliphatic rings. The highest BCUT2D eigenvalue weighted by molar-refractivity contribution is 6.36. The second kappa shape index (κ2) is 6.50. The fourth-order valence-electron chi connectivity index (χ4n) is 2.05. The number of halogens is 1. The van der Waals surface area contributed by atoms with Crippen LogP contribution in [-0.2, 0) is 0 Å². The van der Waals surface area contributed by atoms with E-state index in [0.29, 0.717) is 33.4 Å². The van der Waals surface area contributed by atoms with E-state index in [0.717, 1.165) is 5.69 Å². The minimum absolute atomic E-state index is 0.366. The maximum atomic E-state index is 6.03. The summed E-state index contributed by atoms with van der Waals surface area (Å²) in [6, 6.07) is 3.67. The molecule has 0 aliphatic heterocycles. The lowest BCUT2D eigenvalue weighted by molar-refractivity contribution is 1.11. The van der Waals surface area contributed by atoms with Crippen molar-refractivity contribution in [3.05, 3.63) is 60.4 Å². The maximum absolute atomic E-state index is 6.03. The number of anilines is 2. The molecule has 0 bridgehead atoms. The van der Waals surface area contributed by atoms with Crippen LogP contribution in [0.2, 0.25) is 0 Å². The number of nitrogens with one attached hydrogen (secondary N) is 1. The van der Waals surface area contributed by atoms with Gasteiger partial charge in [-0.25, -0.2) is 19.9 Å². The molecule has 3 heterocycles. The third kappa shape index (κ3) is 3.17. The van der Waals surface area contributed by atoms with Gasteiger partial charge in [0.25, 0.3) is 0 Å². The molecule has 23 heavy (non-hydrogen) atoms. The molecule has 0 fully saturated rings. The summed E-state index contributed by atoms with van der Waals surface area (Å²) < 4.78 is 0. The molecule has 0 saturated carbocycles. The highest BCUT2D eigenvalue weighted by atomic mass is 35.5. The van der Waals surface area contributed by atoms with Crippen molar-refractivity contribution in [2.45, 2.75) is 6.92 Å². The minimum Gasteiger partial charge on any atom is -0.338 e. The summed E-state index contributed by atoms with van der Waals surface area (Å²) in [5.41, 5.74) is 2.54. The van der Waals surface area contributed by atoms with Crippen molar-refractivity contribution in [3.63, 3.8) is 0 Å². The fourth-order valence-corrected chi connectivity index (χ4v) is 2.24. The lowest BCUT2D eigenvalue weighted by Gasteiger charge is -2.10. The van der Waals surface area contributed by atoms with Crippen LogP contribution in [0.15, 0.2) is 54.6 Å². The molecule has 0 radical (unpaired) electrons. The van der Waals surface area contributed by atoms with Crippen molar-refractivity contribution in [3.8, 4) is 0 Å². The Labute approximate surface area is 138 Å². The topological polar surface area (TPSA) is 76.5 Å². The Morgan fingerprint density at radius 2 is 1.87 bits per heavy atom. The van der Waals surface area contributed by atoms with E-state index in [1.807, 2.05) is 25.1 Å². The van der Waals surface area contributed by atoms with Crippen LogP contribution in [0.25, 0.3) is 16.7 Å². The van der Waals surface area contributed by atoms with Gasteiger partial charge in [0.15, 0.2) is 22.8 Å². The number of nitrogens with zero attached hydrogens (tertiary/aromatic N) is 5. The van der Waals surface area contributed by atoms with Gasteiger partial charge in [-0.1, -0.05) is 24.3 Å². The van der Waals surface area contributed by atoms with Gasteiger partial charge in [0.1, 0.15) is 0 Å². The van der Waals surface area contributed by atoms with Crippen LogP contribution in [0.3, 0.4) is 0 Å². The van der Waals surface area contributed by atoms with Crippen LogP contribution in [-0.4, -0.2) is 24.9 Å². The Morgan fingerprint density at radius 1 is 1.13 bits per heavy atom. The average Bonchev–Trinajstić information content (AvgIpc) is 2.56. The second-order valence-corrected chi connectivity index (χ2v) is 5.05. The summed E-state index contributed by atoms with van der Waals surface area (Å²) in [6.45, 7) is 5.60. The van der Waals surface area contributed by atoms with Gasteiger partial charge in [-0.2, -0.15) is 0 Å². The van der Waals surface area contributed by atoms with Crippen molar-refractivity contribution in [2.75, 3.05) is 5.32 Å². The number of allylic oxidation sites excluding steroid dienone is 3. The van der Waals surface area contributed by atoms with Crippen molar-refractivity contribution >= 4 is 39.8 Å². The van der Waals surface area contributed by atoms with E-state index in [1.165, 1.54) is 0 Å². The number of pyridine rings is 1. The quantitative estimate of drug-likeness (QED) is 0.737. The van der Waals surface area contributed by atoms with Crippen LogP contribution in [0.4, 0.5) is 11.5 Å². The zero-order valence-electron chi connectivity index (χ0n) is 12.4. The molecule has 0 aliphatic carbocycles. The van der Waals surface area contributed by atoms with E-state index in [2.05, 4.69) is 36.8 Å². The molecule has 0 atom stereocenters. The second-order valence-electron chi connectivity index (χ2n) is 4.59. The van der Waals surface area contributed by atoms with Gasteiger partial charge < -0.3 is 5.32 Å². The Hall–Kier alpha value is -2.86. The first-order chi connectivity index (χ1) is 11.2. The van der Waals surface area contributed by atoms with Gasteiger partial charge in [0.05, 0.1) is 0 Å². The highest BCUT2D eigenvalue weighted by Crippen LogP contribution is 2.26. The van der Waals surface area contributed by atoms with E-state index in [1.54, 1.807) is 24.8 Å². The lowest BCUT2D eigenvalue weighted by Crippen LogP contribution is -2.04. The van der Waals surface area contributed by atoms with Crippen LogP contribution in [0, 0.1) is 0 Å². The van der Waals surface area contributed by atoms with Crippen LogP contribution in [0.1, 0.15) is 12.7 Å². The monoisotopic (exact) mass is 324 g/mol. The first kappa shape index (κ1) is 15.1. The van der Waals surface area contributed by atoms with Crippen molar-refractivity contribution in [1.29, 1.82) is 0 Å². The van der Waals surface area contributed by atoms with E-state index >= 15 is 0 Å². The first-order valence-electron chi connectivity index (χ1n) is 6.86. The van der Waals surface area contributed by atoms with Crippen molar-refractivity contribution < 1.29 is 0 Å². The summed E-state index contributed by atoms with van der Waals surface area (Å²) in [7, 11) is 0. The van der Waals surface area contributed by atoms with Gasteiger partial charge in [-0.3, -0.25) is 4.98 Å². The summed E-state index contributed by atoms with van der Waals surface area (Å²) in [6.07, 6.45) is 8.37. The Bertz CT molecular complexity index is 891. The minimum atomic E-state index is 0.366. The molecule has 1 N–H and O–H groups in total. The third-order valence-electron chi connectivity index (χ3n) is 3.10. The summed E-state index contributed by atoms with van der Waals surface area (Å²) in [4.78, 5) is 21.5. The molecule has 7 heteroatoms. The summed E-state index contributed by atoms with van der Waals surface area (Å²) >= 11 is 6.03. The molecule has 0 spiro atoms. The molecule has 0 saturated heterocycles. The number of hydrogen-bond donors (Lipinski definition) is 1. The zero-order chi connectivity index (χ0) is 16.2. The number of fused-ring (bicyclic) bond motifs is 1. The van der Waals surface area contributed by atoms with Gasteiger partial charge in [-0.15, -0.1) is 0 Å². The molecular formula is C16H13ClN6. The number of hydrogen-bond acceptors (Lipinski definition) is 6. The molecule has 0 amide bonds. The van der Waals surface area contributed by atoms with Gasteiger partial charge in [0.2, 0.25) is 0 Å². The van der Waals surface area contributed by atoms with Crippen LogP contribution >= 0.6 is 11.6 Å². The fraction of sp³-hybridized carbons (Fsp3) is 0.0625. The van der Waals surface area contributed by atoms with E-state index in [9.17, 15) is 0 Å². The molecule has 6 nitrogen and oxygen atoms in total. The average molecular weight is 325 g/mol. The highest BCUT2D eigenvalue weighted by Gasteiger charge is 2.14. The van der Waals surface area contributed by atoms with Crippen LogP contribution in [0.5, 0.6) is 0 Å². The molecule has 0 aromatic carbocycles. The summed E-state index contributed by atoms with van der Waals surface area (Å²) in [5.74, 6) is 0.985. The lowest BCUT2D eigenvalue weighted by atomic mass is 10.2. The Balaban J connectivity index is 2.17. The predicted molar refractivity (Wildman–Crippen MR) is 91.3 cm³/mol. The van der Waals surface area contributed by atoms with Gasteiger partial charge in [0, 0.05) is 41.1 Å². The predicted octanol–water partition coefficient (Wildman–Crippen LogP) is 3.71. The largest absolute Gasteiger partial charge is 0.338 e. The normalized spacial score (nSPS) is 11.5. The van der Waals surface area contributed by atoms with E-state index < -0.39 is 0 Å². The van der Waals surface area contributed by atoms with Crippen molar-refractivity contribution in [2.24, 2.45) is 0 Å². The Morgan fingerprint density at radius 3 is 2.57 bits per heavy atom. The molecule has 3 aromatic rings. The number of rotatable bonds is 4.